The number of rotatable bonds is 10. The summed E-state index contributed by atoms with van der Waals surface area (Å²) in [6.07, 6.45) is 5.10. The van der Waals surface area contributed by atoms with Gasteiger partial charge in [0.1, 0.15) is 17.7 Å². The predicted molar refractivity (Wildman–Crippen MR) is 160 cm³/mol. The van der Waals surface area contributed by atoms with Crippen molar-refractivity contribution in [1.29, 1.82) is 0 Å². The van der Waals surface area contributed by atoms with Gasteiger partial charge in [0.15, 0.2) is 0 Å². The fourth-order valence-electron chi connectivity index (χ4n) is 5.99. The third-order valence-electron chi connectivity index (χ3n) is 7.97. The molecule has 2 aliphatic heterocycles. The van der Waals surface area contributed by atoms with E-state index in [0.717, 1.165) is 43.5 Å². The first-order chi connectivity index (χ1) is 19.7. The lowest BCUT2D eigenvalue weighted by atomic mass is 9.84. The molecule has 2 saturated heterocycles. The van der Waals surface area contributed by atoms with Gasteiger partial charge in [0.05, 0.1) is 0 Å². The minimum Gasteiger partial charge on any atom is -0.444 e. The Hall–Kier alpha value is -3.39. The summed E-state index contributed by atoms with van der Waals surface area (Å²) in [4.78, 5) is 42.4. The number of hydrogen-bond acceptors (Lipinski definition) is 5. The molecule has 3 amide bonds. The second kappa shape index (κ2) is 14.5. The molecule has 8 heteroatoms. The summed E-state index contributed by atoms with van der Waals surface area (Å²) in [6.45, 7) is 8.60. The smallest absolute Gasteiger partial charge is 0.408 e. The second-order valence-electron chi connectivity index (χ2n) is 12.2. The van der Waals surface area contributed by atoms with Crippen molar-refractivity contribution >= 4 is 17.9 Å². The molecule has 0 aliphatic carbocycles. The van der Waals surface area contributed by atoms with Gasteiger partial charge in [0.25, 0.3) is 0 Å². The van der Waals surface area contributed by atoms with E-state index < -0.39 is 29.7 Å². The number of nitrogens with zero attached hydrogens (tertiary/aromatic N) is 1. The summed E-state index contributed by atoms with van der Waals surface area (Å²) in [5, 5.41) is 9.39. The molecule has 0 bridgehead atoms. The largest absolute Gasteiger partial charge is 0.444 e. The van der Waals surface area contributed by atoms with Gasteiger partial charge < -0.3 is 25.6 Å². The molecule has 2 aromatic carbocycles. The van der Waals surface area contributed by atoms with E-state index in [1.165, 1.54) is 12.8 Å². The molecule has 2 aromatic rings. The van der Waals surface area contributed by atoms with Gasteiger partial charge in [-0.2, -0.15) is 0 Å². The molecule has 4 rings (SSSR count). The lowest BCUT2D eigenvalue weighted by Gasteiger charge is -2.34. The summed E-state index contributed by atoms with van der Waals surface area (Å²) in [5.74, 6) is -0.147. The SMILES string of the molecule is CC(C)(C)OC(=O)N[C@@H](C(=O)N1CCCC1C(=O)NCCCC1CCNCC1)C(c1ccccc1)c1ccccc1. The molecule has 0 radical (unpaired) electrons. The molecule has 2 fully saturated rings. The Labute approximate surface area is 244 Å². The van der Waals surface area contributed by atoms with Gasteiger partial charge in [-0.3, -0.25) is 9.59 Å². The summed E-state index contributed by atoms with van der Waals surface area (Å²) >= 11 is 0. The number of amides is 3. The van der Waals surface area contributed by atoms with Gasteiger partial charge in [-0.25, -0.2) is 4.79 Å². The zero-order chi connectivity index (χ0) is 29.2. The Kier molecular flexibility index (Phi) is 10.8. The van der Waals surface area contributed by atoms with E-state index in [2.05, 4.69) is 16.0 Å². The standard InChI is InChI=1S/C33H46N4O4/c1-33(2,3)41-32(40)36-29(28(25-13-6-4-7-14-25)26-15-8-5-9-16-26)31(39)37-23-11-17-27(37)30(38)35-20-10-12-24-18-21-34-22-19-24/h4-9,13-16,24,27-29,34H,10-12,17-23H2,1-3H3,(H,35,38)(H,36,40)/t27?,29-/m1/s1. The number of alkyl carbamates (subject to hydrolysis) is 1. The van der Waals surface area contributed by atoms with Gasteiger partial charge in [0.2, 0.25) is 11.8 Å². The summed E-state index contributed by atoms with van der Waals surface area (Å²) in [7, 11) is 0. The van der Waals surface area contributed by atoms with Gasteiger partial charge in [-0.15, -0.1) is 0 Å². The zero-order valence-corrected chi connectivity index (χ0v) is 24.7. The summed E-state index contributed by atoms with van der Waals surface area (Å²) < 4.78 is 5.59. The van der Waals surface area contributed by atoms with E-state index in [4.69, 9.17) is 4.74 Å². The van der Waals surface area contributed by atoms with Gasteiger partial charge in [-0.05, 0) is 89.4 Å². The van der Waals surface area contributed by atoms with E-state index in [-0.39, 0.29) is 11.8 Å². The number of piperidine rings is 1. The molecule has 1 unspecified atom stereocenters. The number of hydrogen-bond donors (Lipinski definition) is 3. The number of ether oxygens (including phenoxy) is 1. The van der Waals surface area contributed by atoms with Gasteiger partial charge in [-0.1, -0.05) is 60.7 Å². The van der Waals surface area contributed by atoms with Crippen molar-refractivity contribution in [3.8, 4) is 0 Å². The summed E-state index contributed by atoms with van der Waals surface area (Å²) in [5.41, 5.74) is 1.06. The molecular formula is C33H46N4O4. The molecule has 222 valence electrons. The van der Waals surface area contributed by atoms with Crippen LogP contribution >= 0.6 is 0 Å². The maximum atomic E-state index is 14.4. The molecule has 2 atom stereocenters. The normalized spacial score (nSPS) is 18.6. The predicted octanol–water partition coefficient (Wildman–Crippen LogP) is 4.60. The van der Waals surface area contributed by atoms with E-state index >= 15 is 0 Å². The summed E-state index contributed by atoms with van der Waals surface area (Å²) in [6, 6.07) is 17.9. The highest BCUT2D eigenvalue weighted by atomic mass is 16.6. The van der Waals surface area contributed by atoms with Crippen LogP contribution < -0.4 is 16.0 Å². The lowest BCUT2D eigenvalue weighted by Crippen LogP contribution is -2.56. The average molecular weight is 563 g/mol. The third kappa shape index (κ3) is 8.80. The van der Waals surface area contributed by atoms with Crippen LogP contribution in [0.25, 0.3) is 0 Å². The first kappa shape index (κ1) is 30.6. The molecule has 2 aliphatic rings. The van der Waals surface area contributed by atoms with Crippen LogP contribution in [0, 0.1) is 5.92 Å². The first-order valence-corrected chi connectivity index (χ1v) is 15.1. The van der Waals surface area contributed by atoms with Crippen molar-refractivity contribution in [1.82, 2.24) is 20.9 Å². The van der Waals surface area contributed by atoms with Crippen molar-refractivity contribution in [2.45, 2.75) is 82.9 Å². The van der Waals surface area contributed by atoms with E-state index in [1.807, 2.05) is 60.7 Å². The molecular weight excluding hydrogens is 516 g/mol. The van der Waals surface area contributed by atoms with Crippen LogP contribution in [-0.4, -0.2) is 66.7 Å². The molecule has 41 heavy (non-hydrogen) atoms. The van der Waals surface area contributed by atoms with E-state index in [0.29, 0.717) is 25.4 Å². The van der Waals surface area contributed by atoms with Crippen molar-refractivity contribution in [2.75, 3.05) is 26.2 Å². The lowest BCUT2D eigenvalue weighted by molar-refractivity contribution is -0.140. The molecule has 0 spiro atoms. The maximum absolute atomic E-state index is 14.4. The monoisotopic (exact) mass is 562 g/mol. The van der Waals surface area contributed by atoms with Crippen molar-refractivity contribution in [3.63, 3.8) is 0 Å². The van der Waals surface area contributed by atoms with Crippen LogP contribution in [-0.2, 0) is 14.3 Å². The molecule has 0 saturated carbocycles. The minimum absolute atomic E-state index is 0.117. The topological polar surface area (TPSA) is 99.8 Å². The van der Waals surface area contributed by atoms with Crippen LogP contribution in [0.15, 0.2) is 60.7 Å². The quantitative estimate of drug-likeness (QED) is 0.368. The fraction of sp³-hybridized carbons (Fsp3) is 0.545. The Morgan fingerprint density at radius 1 is 0.951 bits per heavy atom. The maximum Gasteiger partial charge on any atom is 0.408 e. The Balaban J connectivity index is 1.53. The zero-order valence-electron chi connectivity index (χ0n) is 24.7. The average Bonchev–Trinajstić information content (AvgIpc) is 3.46. The Bertz CT molecular complexity index is 1090. The highest BCUT2D eigenvalue weighted by Crippen LogP contribution is 2.31. The second-order valence-corrected chi connectivity index (χ2v) is 12.2. The van der Waals surface area contributed by atoms with Crippen molar-refractivity contribution in [2.24, 2.45) is 5.92 Å². The highest BCUT2D eigenvalue weighted by molar-refractivity contribution is 5.93. The number of nitrogens with one attached hydrogen (secondary N) is 3. The number of benzene rings is 2. The Morgan fingerprint density at radius 3 is 2.15 bits per heavy atom. The highest BCUT2D eigenvalue weighted by Gasteiger charge is 2.42. The number of likely N-dealkylation sites (tertiary alicyclic amines) is 1. The van der Waals surface area contributed by atoms with Gasteiger partial charge in [0, 0.05) is 19.0 Å². The number of carbonyl (C=O) groups is 3. The van der Waals surface area contributed by atoms with Crippen LogP contribution in [0.4, 0.5) is 4.79 Å². The van der Waals surface area contributed by atoms with Crippen LogP contribution in [0.3, 0.4) is 0 Å². The fourth-order valence-corrected chi connectivity index (χ4v) is 5.99. The Morgan fingerprint density at radius 2 is 1.56 bits per heavy atom. The third-order valence-corrected chi connectivity index (χ3v) is 7.97. The minimum atomic E-state index is -0.956. The van der Waals surface area contributed by atoms with Gasteiger partial charge >= 0.3 is 6.09 Å². The van der Waals surface area contributed by atoms with E-state index in [1.54, 1.807) is 25.7 Å². The molecule has 0 aromatic heterocycles. The van der Waals surface area contributed by atoms with Crippen molar-refractivity contribution in [3.05, 3.63) is 71.8 Å². The number of carbonyl (C=O) groups excluding carboxylic acids is 3. The van der Waals surface area contributed by atoms with Crippen LogP contribution in [0.5, 0.6) is 0 Å². The molecule has 8 nitrogen and oxygen atoms in total. The first-order valence-electron chi connectivity index (χ1n) is 15.1. The van der Waals surface area contributed by atoms with Crippen LogP contribution in [0.2, 0.25) is 0 Å². The van der Waals surface area contributed by atoms with Crippen molar-refractivity contribution < 1.29 is 19.1 Å². The van der Waals surface area contributed by atoms with E-state index in [9.17, 15) is 14.4 Å². The molecule has 2 heterocycles. The molecule has 3 N–H and O–H groups in total. The van der Waals surface area contributed by atoms with Crippen LogP contribution in [0.1, 0.15) is 76.3 Å².